The summed E-state index contributed by atoms with van der Waals surface area (Å²) in [5.41, 5.74) is 4.43. The molecule has 0 aliphatic heterocycles. The zero-order chi connectivity index (χ0) is 14.9. The van der Waals surface area contributed by atoms with Crippen molar-refractivity contribution in [3.8, 4) is 16.9 Å². The second kappa shape index (κ2) is 5.38. The van der Waals surface area contributed by atoms with Crippen LogP contribution >= 0.6 is 11.6 Å². The molecule has 0 spiro atoms. The summed E-state index contributed by atoms with van der Waals surface area (Å²) in [5, 5.41) is -0.273. The second-order valence-corrected chi connectivity index (χ2v) is 4.00. The van der Waals surface area contributed by atoms with Gasteiger partial charge in [-0.25, -0.2) is 22.9 Å². The fourth-order valence-corrected chi connectivity index (χ4v) is 1.76. The SMILES string of the molecule is NC(=O)Oc1c(-c2cc(F)c(F)cc2F)ccnc1Cl. The summed E-state index contributed by atoms with van der Waals surface area (Å²) in [6.07, 6.45) is -0.0178. The lowest BCUT2D eigenvalue weighted by molar-refractivity contribution is 0.211. The molecule has 0 aliphatic carbocycles. The van der Waals surface area contributed by atoms with Gasteiger partial charge >= 0.3 is 6.09 Å². The van der Waals surface area contributed by atoms with Gasteiger partial charge in [-0.15, -0.1) is 0 Å². The van der Waals surface area contributed by atoms with Gasteiger partial charge < -0.3 is 10.5 Å². The normalized spacial score (nSPS) is 10.4. The summed E-state index contributed by atoms with van der Waals surface area (Å²) in [4.78, 5) is 14.4. The maximum Gasteiger partial charge on any atom is 0.410 e. The van der Waals surface area contributed by atoms with E-state index >= 15 is 0 Å². The van der Waals surface area contributed by atoms with E-state index in [4.69, 9.17) is 17.3 Å². The van der Waals surface area contributed by atoms with Crippen molar-refractivity contribution in [2.24, 2.45) is 5.73 Å². The molecule has 0 saturated heterocycles. The number of aromatic nitrogens is 1. The van der Waals surface area contributed by atoms with Crippen molar-refractivity contribution >= 4 is 17.7 Å². The predicted octanol–water partition coefficient (Wildman–Crippen LogP) is 3.28. The van der Waals surface area contributed by atoms with Crippen LogP contribution in [0.1, 0.15) is 0 Å². The molecule has 8 heteroatoms. The lowest BCUT2D eigenvalue weighted by Crippen LogP contribution is -2.17. The van der Waals surface area contributed by atoms with Gasteiger partial charge in [0.05, 0.1) is 0 Å². The Balaban J connectivity index is 2.66. The number of ether oxygens (including phenoxy) is 1. The second-order valence-electron chi connectivity index (χ2n) is 3.65. The van der Waals surface area contributed by atoms with Crippen molar-refractivity contribution in [3.63, 3.8) is 0 Å². The van der Waals surface area contributed by atoms with Gasteiger partial charge in [-0.05, 0) is 12.1 Å². The van der Waals surface area contributed by atoms with Crippen LogP contribution in [-0.4, -0.2) is 11.1 Å². The third-order valence-corrected chi connectivity index (χ3v) is 2.63. The van der Waals surface area contributed by atoms with Crippen LogP contribution < -0.4 is 10.5 Å². The van der Waals surface area contributed by atoms with E-state index in [-0.39, 0.29) is 22.0 Å². The summed E-state index contributed by atoms with van der Waals surface area (Å²) in [6, 6.07) is 2.21. The number of carbonyl (C=O) groups is 1. The van der Waals surface area contributed by atoms with E-state index in [1.54, 1.807) is 0 Å². The van der Waals surface area contributed by atoms with Crippen LogP contribution in [0.2, 0.25) is 5.15 Å². The predicted molar refractivity (Wildman–Crippen MR) is 64.8 cm³/mol. The molecule has 0 fully saturated rings. The average Bonchev–Trinajstić information content (AvgIpc) is 2.36. The molecule has 1 heterocycles. The fourth-order valence-electron chi connectivity index (χ4n) is 1.56. The van der Waals surface area contributed by atoms with Crippen molar-refractivity contribution in [2.75, 3.05) is 0 Å². The van der Waals surface area contributed by atoms with E-state index in [0.29, 0.717) is 12.1 Å². The number of pyridine rings is 1. The first-order chi connectivity index (χ1) is 9.40. The minimum absolute atomic E-state index is 0.0831. The number of benzene rings is 1. The number of nitrogens with zero attached hydrogens (tertiary/aromatic N) is 1. The van der Waals surface area contributed by atoms with Crippen LogP contribution in [0.4, 0.5) is 18.0 Å². The molecule has 4 nitrogen and oxygen atoms in total. The van der Waals surface area contributed by atoms with Crippen LogP contribution in [0.15, 0.2) is 24.4 Å². The van der Waals surface area contributed by atoms with Crippen LogP contribution in [0, 0.1) is 17.5 Å². The molecule has 2 aromatic rings. The number of carbonyl (C=O) groups excluding carboxylic acids is 1. The Morgan fingerprint density at radius 2 is 1.80 bits per heavy atom. The molecule has 2 N–H and O–H groups in total. The Morgan fingerprint density at radius 3 is 2.45 bits per heavy atom. The van der Waals surface area contributed by atoms with Gasteiger partial charge in [0.25, 0.3) is 0 Å². The standard InChI is InChI=1S/C12H6ClF3N2O2/c13-11-10(20-12(17)19)5(1-2-18-11)6-3-8(15)9(16)4-7(6)14/h1-4H,(H2,17,19). The zero-order valence-corrected chi connectivity index (χ0v) is 10.4. The number of hydrogen-bond donors (Lipinski definition) is 1. The Hall–Kier alpha value is -2.28. The molecule has 0 unspecified atom stereocenters. The highest BCUT2D eigenvalue weighted by atomic mass is 35.5. The number of nitrogens with two attached hydrogens (primary N) is 1. The van der Waals surface area contributed by atoms with Crippen molar-refractivity contribution in [2.45, 2.75) is 0 Å². The average molecular weight is 303 g/mol. The first kappa shape index (κ1) is 14.1. The maximum absolute atomic E-state index is 13.7. The van der Waals surface area contributed by atoms with E-state index in [1.165, 1.54) is 12.3 Å². The van der Waals surface area contributed by atoms with Gasteiger partial charge in [-0.1, -0.05) is 11.6 Å². The molecule has 1 aromatic heterocycles. The molecule has 0 radical (unpaired) electrons. The first-order valence-electron chi connectivity index (χ1n) is 5.17. The Kier molecular flexibility index (Phi) is 3.80. The van der Waals surface area contributed by atoms with Gasteiger partial charge in [0.2, 0.25) is 0 Å². The number of halogens is 4. The molecule has 0 saturated carbocycles. The highest BCUT2D eigenvalue weighted by Gasteiger charge is 2.19. The summed E-state index contributed by atoms with van der Waals surface area (Å²) >= 11 is 5.71. The van der Waals surface area contributed by atoms with E-state index in [9.17, 15) is 18.0 Å². The van der Waals surface area contributed by atoms with Crippen molar-refractivity contribution in [1.29, 1.82) is 0 Å². The summed E-state index contributed by atoms with van der Waals surface area (Å²) < 4.78 is 44.5. The number of hydrogen-bond acceptors (Lipinski definition) is 3. The van der Waals surface area contributed by atoms with Gasteiger partial charge in [0, 0.05) is 23.4 Å². The molecule has 1 aromatic carbocycles. The number of rotatable bonds is 2. The lowest BCUT2D eigenvalue weighted by atomic mass is 10.1. The Bertz CT molecular complexity index is 695. The molecular formula is C12H6ClF3N2O2. The largest absolute Gasteiger partial charge is 0.410 e. The highest BCUT2D eigenvalue weighted by molar-refractivity contribution is 6.31. The van der Waals surface area contributed by atoms with Gasteiger partial charge in [-0.3, -0.25) is 0 Å². The van der Waals surface area contributed by atoms with E-state index in [2.05, 4.69) is 9.72 Å². The minimum Gasteiger partial charge on any atom is -0.407 e. The van der Waals surface area contributed by atoms with Crippen molar-refractivity contribution < 1.29 is 22.7 Å². The topological polar surface area (TPSA) is 65.2 Å². The summed E-state index contributed by atoms with van der Waals surface area (Å²) in [5.74, 6) is -4.00. The molecule has 1 amide bonds. The van der Waals surface area contributed by atoms with E-state index in [0.717, 1.165) is 0 Å². The maximum atomic E-state index is 13.7. The third-order valence-electron chi connectivity index (χ3n) is 2.36. The monoisotopic (exact) mass is 302 g/mol. The van der Waals surface area contributed by atoms with E-state index in [1.807, 2.05) is 0 Å². The molecule has 0 aliphatic rings. The van der Waals surface area contributed by atoms with Gasteiger partial charge in [0.1, 0.15) is 5.82 Å². The number of primary amides is 1. The van der Waals surface area contributed by atoms with Crippen LogP contribution in [0.5, 0.6) is 5.75 Å². The van der Waals surface area contributed by atoms with Crippen molar-refractivity contribution in [1.82, 2.24) is 4.98 Å². The van der Waals surface area contributed by atoms with E-state index < -0.39 is 23.5 Å². The third kappa shape index (κ3) is 2.67. The van der Waals surface area contributed by atoms with Crippen molar-refractivity contribution in [3.05, 3.63) is 47.0 Å². The summed E-state index contributed by atoms with van der Waals surface area (Å²) in [7, 11) is 0. The van der Waals surface area contributed by atoms with Gasteiger partial charge in [0.15, 0.2) is 22.5 Å². The highest BCUT2D eigenvalue weighted by Crippen LogP contribution is 2.36. The summed E-state index contributed by atoms with van der Waals surface area (Å²) in [6.45, 7) is 0. The molecular weight excluding hydrogens is 297 g/mol. The van der Waals surface area contributed by atoms with Crippen LogP contribution in [0.25, 0.3) is 11.1 Å². The lowest BCUT2D eigenvalue weighted by Gasteiger charge is -2.11. The quantitative estimate of drug-likeness (QED) is 0.684. The Labute approximate surface area is 115 Å². The molecule has 20 heavy (non-hydrogen) atoms. The minimum atomic E-state index is -1.34. The molecule has 104 valence electrons. The molecule has 0 atom stereocenters. The smallest absolute Gasteiger partial charge is 0.407 e. The molecule has 2 rings (SSSR count). The fraction of sp³-hybridized carbons (Fsp3) is 0. The van der Waals surface area contributed by atoms with Crippen LogP contribution in [-0.2, 0) is 0 Å². The first-order valence-corrected chi connectivity index (χ1v) is 5.54. The number of amides is 1. The molecule has 0 bridgehead atoms. The van der Waals surface area contributed by atoms with Gasteiger partial charge in [-0.2, -0.15) is 0 Å². The Morgan fingerprint density at radius 1 is 1.15 bits per heavy atom. The van der Waals surface area contributed by atoms with Crippen LogP contribution in [0.3, 0.4) is 0 Å². The zero-order valence-electron chi connectivity index (χ0n) is 9.66.